The van der Waals surface area contributed by atoms with Gasteiger partial charge in [-0.25, -0.2) is 0 Å². The predicted octanol–water partition coefficient (Wildman–Crippen LogP) is 2.77. The first kappa shape index (κ1) is 10.1. The highest BCUT2D eigenvalue weighted by molar-refractivity contribution is 9.10. The molecule has 0 saturated carbocycles. The van der Waals surface area contributed by atoms with E-state index in [2.05, 4.69) is 64.8 Å². The molecule has 1 aromatic rings. The Kier molecular flexibility index (Phi) is 4.12. The van der Waals surface area contributed by atoms with Gasteiger partial charge in [-0.1, -0.05) is 28.1 Å². The fourth-order valence-corrected chi connectivity index (χ4v) is 1.32. The molecule has 0 heterocycles. The Hall–Kier alpha value is 0.01000. The zero-order valence-electron chi connectivity index (χ0n) is 7.00. The summed E-state index contributed by atoms with van der Waals surface area (Å²) < 4.78 is 1.12. The minimum atomic E-state index is 0.788. The lowest BCUT2D eigenvalue weighted by molar-refractivity contribution is 0.387. The molecule has 3 heteroatoms. The molecule has 0 fully saturated rings. The van der Waals surface area contributed by atoms with E-state index in [1.54, 1.807) is 0 Å². The highest BCUT2D eigenvalue weighted by Gasteiger charge is 1.96. The van der Waals surface area contributed by atoms with Crippen LogP contribution in [-0.2, 0) is 6.54 Å². The molecule has 66 valence electrons. The monoisotopic (exact) mass is 245 g/mol. The maximum absolute atomic E-state index is 4.18. The van der Waals surface area contributed by atoms with Gasteiger partial charge in [0, 0.05) is 16.9 Å². The van der Waals surface area contributed by atoms with E-state index in [0.29, 0.717) is 0 Å². The number of nitrogens with zero attached hydrogens (tertiary/aromatic N) is 1. The summed E-state index contributed by atoms with van der Waals surface area (Å²) in [5, 5.41) is 0. The van der Waals surface area contributed by atoms with Gasteiger partial charge in [-0.2, -0.15) is 12.6 Å². The molecule has 1 nitrogen and oxygen atoms in total. The van der Waals surface area contributed by atoms with E-state index in [1.807, 2.05) is 0 Å². The second-order valence-corrected chi connectivity index (χ2v) is 3.98. The summed E-state index contributed by atoms with van der Waals surface area (Å²) in [7, 11) is 2.05. The van der Waals surface area contributed by atoms with Gasteiger partial charge < -0.3 is 0 Å². The molecule has 0 aromatic heterocycles. The molecule has 0 bridgehead atoms. The standard InChI is InChI=1S/C9H12BrNS/c1-11(7-12)6-8-2-4-9(10)5-3-8/h2-5,12H,6-7H2,1H3. The first-order chi connectivity index (χ1) is 5.72. The Balaban J connectivity index is 2.58. The zero-order valence-corrected chi connectivity index (χ0v) is 9.48. The van der Waals surface area contributed by atoms with Crippen LogP contribution in [0.1, 0.15) is 5.56 Å². The van der Waals surface area contributed by atoms with E-state index in [0.717, 1.165) is 16.9 Å². The molecule has 1 aromatic carbocycles. The SMILES string of the molecule is CN(CS)Cc1ccc(Br)cc1. The summed E-state index contributed by atoms with van der Waals surface area (Å²) in [6.45, 7) is 0.955. The van der Waals surface area contributed by atoms with Crippen molar-refractivity contribution in [3.8, 4) is 0 Å². The topological polar surface area (TPSA) is 3.24 Å². The number of hydrogen-bond acceptors (Lipinski definition) is 2. The number of benzene rings is 1. The molecule has 0 unspecified atom stereocenters. The van der Waals surface area contributed by atoms with Crippen molar-refractivity contribution in [3.05, 3.63) is 34.3 Å². The average molecular weight is 246 g/mol. The van der Waals surface area contributed by atoms with Crippen LogP contribution in [-0.4, -0.2) is 17.8 Å². The summed E-state index contributed by atoms with van der Waals surface area (Å²) in [6.07, 6.45) is 0. The Morgan fingerprint density at radius 3 is 2.42 bits per heavy atom. The van der Waals surface area contributed by atoms with Gasteiger partial charge >= 0.3 is 0 Å². The van der Waals surface area contributed by atoms with E-state index in [4.69, 9.17) is 0 Å². The van der Waals surface area contributed by atoms with Crippen LogP contribution < -0.4 is 0 Å². The van der Waals surface area contributed by atoms with Crippen molar-refractivity contribution in [2.24, 2.45) is 0 Å². The van der Waals surface area contributed by atoms with Crippen molar-refractivity contribution in [1.82, 2.24) is 4.90 Å². The fourth-order valence-electron chi connectivity index (χ4n) is 0.951. The van der Waals surface area contributed by atoms with Crippen molar-refractivity contribution in [2.75, 3.05) is 12.9 Å². The fraction of sp³-hybridized carbons (Fsp3) is 0.333. The second kappa shape index (κ2) is 4.90. The maximum atomic E-state index is 4.18. The molecule has 0 spiro atoms. The van der Waals surface area contributed by atoms with E-state index in [-0.39, 0.29) is 0 Å². The van der Waals surface area contributed by atoms with Gasteiger partial charge in [0.05, 0.1) is 0 Å². The predicted molar refractivity (Wildman–Crippen MR) is 59.5 cm³/mol. The minimum absolute atomic E-state index is 0.788. The Morgan fingerprint density at radius 1 is 1.33 bits per heavy atom. The third-order valence-corrected chi connectivity index (χ3v) is 2.62. The second-order valence-electron chi connectivity index (χ2n) is 2.78. The van der Waals surface area contributed by atoms with Crippen LogP contribution in [0.25, 0.3) is 0 Å². The first-order valence-electron chi connectivity index (χ1n) is 3.76. The average Bonchev–Trinajstić information content (AvgIpc) is 2.09. The van der Waals surface area contributed by atoms with Gasteiger partial charge in [-0.3, -0.25) is 4.90 Å². The number of thiol groups is 1. The van der Waals surface area contributed by atoms with Gasteiger partial charge in [-0.05, 0) is 24.7 Å². The lowest BCUT2D eigenvalue weighted by Crippen LogP contribution is -2.15. The molecule has 12 heavy (non-hydrogen) atoms. The van der Waals surface area contributed by atoms with Crippen molar-refractivity contribution >= 4 is 28.6 Å². The zero-order chi connectivity index (χ0) is 8.97. The molecule has 0 aliphatic rings. The van der Waals surface area contributed by atoms with Crippen LogP contribution in [0.5, 0.6) is 0 Å². The van der Waals surface area contributed by atoms with Crippen LogP contribution in [0, 0.1) is 0 Å². The van der Waals surface area contributed by atoms with Crippen LogP contribution in [0.2, 0.25) is 0 Å². The number of rotatable bonds is 3. The lowest BCUT2D eigenvalue weighted by atomic mass is 10.2. The molecular formula is C9H12BrNS. The van der Waals surface area contributed by atoms with Crippen molar-refractivity contribution in [3.63, 3.8) is 0 Å². The molecule has 0 aliphatic carbocycles. The van der Waals surface area contributed by atoms with Crippen molar-refractivity contribution in [1.29, 1.82) is 0 Å². The highest BCUT2D eigenvalue weighted by atomic mass is 79.9. The summed E-state index contributed by atoms with van der Waals surface area (Å²) in [5.74, 6) is 0.788. The summed E-state index contributed by atoms with van der Waals surface area (Å²) in [4.78, 5) is 2.15. The summed E-state index contributed by atoms with van der Waals surface area (Å²) >= 11 is 7.58. The van der Waals surface area contributed by atoms with E-state index in [9.17, 15) is 0 Å². The summed E-state index contributed by atoms with van der Waals surface area (Å²) in [5.41, 5.74) is 1.31. The number of halogens is 1. The first-order valence-corrected chi connectivity index (χ1v) is 5.19. The maximum Gasteiger partial charge on any atom is 0.0414 e. The van der Waals surface area contributed by atoms with Gasteiger partial charge in [0.15, 0.2) is 0 Å². The Labute approximate surface area is 87.3 Å². The molecular weight excluding hydrogens is 234 g/mol. The van der Waals surface area contributed by atoms with Gasteiger partial charge in [-0.15, -0.1) is 0 Å². The quantitative estimate of drug-likeness (QED) is 0.634. The van der Waals surface area contributed by atoms with Gasteiger partial charge in [0.2, 0.25) is 0 Å². The van der Waals surface area contributed by atoms with Gasteiger partial charge in [0.1, 0.15) is 0 Å². The van der Waals surface area contributed by atoms with Crippen molar-refractivity contribution < 1.29 is 0 Å². The molecule has 0 saturated heterocycles. The minimum Gasteiger partial charge on any atom is -0.293 e. The number of hydrogen-bond donors (Lipinski definition) is 1. The van der Waals surface area contributed by atoms with Crippen LogP contribution in [0.15, 0.2) is 28.7 Å². The molecule has 0 radical (unpaired) electrons. The molecule has 1 rings (SSSR count). The smallest absolute Gasteiger partial charge is 0.0414 e. The summed E-state index contributed by atoms with van der Waals surface area (Å²) in [6, 6.07) is 8.34. The van der Waals surface area contributed by atoms with E-state index >= 15 is 0 Å². The normalized spacial score (nSPS) is 10.7. The third-order valence-electron chi connectivity index (χ3n) is 1.61. The van der Waals surface area contributed by atoms with Gasteiger partial charge in [0.25, 0.3) is 0 Å². The Morgan fingerprint density at radius 2 is 1.92 bits per heavy atom. The largest absolute Gasteiger partial charge is 0.293 e. The lowest BCUT2D eigenvalue weighted by Gasteiger charge is -2.12. The molecule has 0 N–H and O–H groups in total. The third kappa shape index (κ3) is 3.17. The van der Waals surface area contributed by atoms with E-state index in [1.165, 1.54) is 5.56 Å². The van der Waals surface area contributed by atoms with E-state index < -0.39 is 0 Å². The molecule has 0 aliphatic heterocycles. The Bertz CT molecular complexity index is 235. The van der Waals surface area contributed by atoms with Crippen molar-refractivity contribution in [2.45, 2.75) is 6.54 Å². The highest BCUT2D eigenvalue weighted by Crippen LogP contribution is 2.11. The van der Waals surface area contributed by atoms with Crippen LogP contribution in [0.3, 0.4) is 0 Å². The van der Waals surface area contributed by atoms with Crippen LogP contribution in [0.4, 0.5) is 0 Å². The molecule has 0 amide bonds. The molecule has 0 atom stereocenters. The van der Waals surface area contributed by atoms with Crippen LogP contribution >= 0.6 is 28.6 Å².